The molecule has 0 radical (unpaired) electrons. The highest BCUT2D eigenvalue weighted by Crippen LogP contribution is 2.53. The first-order valence-corrected chi connectivity index (χ1v) is 13.6. The van der Waals surface area contributed by atoms with Gasteiger partial charge in [0.2, 0.25) is 0 Å². The summed E-state index contributed by atoms with van der Waals surface area (Å²) in [5.41, 5.74) is 1.81. The number of Topliss-reactive ketones (excluding diaryl/α,β-unsaturated/α-hetero) is 1. The van der Waals surface area contributed by atoms with Gasteiger partial charge in [-0.3, -0.25) is 9.52 Å². The number of benzene rings is 2. The van der Waals surface area contributed by atoms with Crippen LogP contribution >= 0.6 is 0 Å². The molecule has 0 bridgehead atoms. The zero-order valence-electron chi connectivity index (χ0n) is 19.8. The number of fused-ring (bicyclic) bond motifs is 2. The molecule has 0 unspecified atom stereocenters. The van der Waals surface area contributed by atoms with Gasteiger partial charge in [-0.2, -0.15) is 0 Å². The topological polar surface area (TPSA) is 84.9 Å². The van der Waals surface area contributed by atoms with Crippen LogP contribution in [0.25, 0.3) is 0 Å². The Morgan fingerprint density at radius 2 is 1.85 bits per heavy atom. The molecule has 2 aromatic carbocycles. The molecule has 1 spiro atoms. The van der Waals surface area contributed by atoms with Crippen molar-refractivity contribution in [1.29, 1.82) is 0 Å². The number of para-hydroxylation sites is 1. The Kier molecular flexibility index (Phi) is 6.06. The van der Waals surface area contributed by atoms with Crippen molar-refractivity contribution in [2.24, 2.45) is 0 Å². The van der Waals surface area contributed by atoms with Crippen LogP contribution in [0.3, 0.4) is 0 Å². The van der Waals surface area contributed by atoms with E-state index in [9.17, 15) is 13.2 Å². The third-order valence-electron chi connectivity index (χ3n) is 7.69. The van der Waals surface area contributed by atoms with Gasteiger partial charge in [-0.15, -0.1) is 0 Å². The highest BCUT2D eigenvalue weighted by molar-refractivity contribution is 7.92. The number of hydrogen-bond donors (Lipinski definition) is 1. The van der Waals surface area contributed by atoms with E-state index in [2.05, 4.69) is 16.5 Å². The SMILES string of the molecule is CCN1CCC(Oc2cc(NS(=O)(=O)c3ccccc3OC)cc3c2CC(=O)C32CCC2)CC1. The summed E-state index contributed by atoms with van der Waals surface area (Å²) in [6.07, 6.45) is 4.89. The highest BCUT2D eigenvalue weighted by atomic mass is 32.2. The predicted octanol–water partition coefficient (Wildman–Crippen LogP) is 3.91. The van der Waals surface area contributed by atoms with Crippen molar-refractivity contribution in [2.75, 3.05) is 31.5 Å². The van der Waals surface area contributed by atoms with Gasteiger partial charge in [-0.05, 0) is 56.0 Å². The van der Waals surface area contributed by atoms with Crippen molar-refractivity contribution in [2.45, 2.75) is 61.9 Å². The molecule has 1 heterocycles. The lowest BCUT2D eigenvalue weighted by Crippen LogP contribution is -2.39. The monoisotopic (exact) mass is 484 g/mol. The quantitative estimate of drug-likeness (QED) is 0.642. The van der Waals surface area contributed by atoms with Crippen LogP contribution < -0.4 is 14.2 Å². The minimum atomic E-state index is -3.90. The minimum Gasteiger partial charge on any atom is -0.495 e. The molecule has 34 heavy (non-hydrogen) atoms. The maximum Gasteiger partial charge on any atom is 0.265 e. The summed E-state index contributed by atoms with van der Waals surface area (Å²) in [5, 5.41) is 0. The van der Waals surface area contributed by atoms with Crippen LogP contribution in [0.4, 0.5) is 5.69 Å². The van der Waals surface area contributed by atoms with Gasteiger partial charge in [0.15, 0.2) is 0 Å². The molecule has 0 atom stereocenters. The molecule has 182 valence electrons. The van der Waals surface area contributed by atoms with Gasteiger partial charge >= 0.3 is 0 Å². The van der Waals surface area contributed by atoms with Crippen LogP contribution in [0.2, 0.25) is 0 Å². The number of methoxy groups -OCH3 is 1. The molecule has 1 saturated carbocycles. The summed E-state index contributed by atoms with van der Waals surface area (Å²) in [6.45, 7) is 5.15. The van der Waals surface area contributed by atoms with Crippen LogP contribution in [-0.4, -0.2) is 51.9 Å². The van der Waals surface area contributed by atoms with Crippen molar-refractivity contribution in [1.82, 2.24) is 4.90 Å². The first kappa shape index (κ1) is 23.2. The summed E-state index contributed by atoms with van der Waals surface area (Å²) in [6, 6.07) is 10.1. The lowest BCUT2D eigenvalue weighted by molar-refractivity contribution is -0.125. The molecule has 8 heteroatoms. The van der Waals surface area contributed by atoms with E-state index >= 15 is 0 Å². The second-order valence-electron chi connectivity index (χ2n) is 9.54. The number of rotatable bonds is 7. The van der Waals surface area contributed by atoms with Gasteiger partial charge in [0.1, 0.15) is 28.3 Å². The first-order chi connectivity index (χ1) is 16.4. The average molecular weight is 485 g/mol. The number of nitrogens with one attached hydrogen (secondary N) is 1. The van der Waals surface area contributed by atoms with Crippen LogP contribution in [-0.2, 0) is 26.7 Å². The van der Waals surface area contributed by atoms with Crippen molar-refractivity contribution < 1.29 is 22.7 Å². The summed E-state index contributed by atoms with van der Waals surface area (Å²) < 4.78 is 41.0. The third-order valence-corrected chi connectivity index (χ3v) is 9.11. The Morgan fingerprint density at radius 3 is 2.50 bits per heavy atom. The number of nitrogens with zero attached hydrogens (tertiary/aromatic N) is 1. The van der Waals surface area contributed by atoms with E-state index < -0.39 is 15.4 Å². The normalized spacial score (nSPS) is 20.1. The molecule has 3 aliphatic rings. The molecule has 1 saturated heterocycles. The number of likely N-dealkylation sites (tertiary alicyclic amines) is 1. The Hall–Kier alpha value is -2.58. The number of ketones is 1. The molecule has 2 aliphatic carbocycles. The molecule has 7 nitrogen and oxygen atoms in total. The van der Waals surface area contributed by atoms with E-state index in [1.807, 2.05) is 6.07 Å². The first-order valence-electron chi connectivity index (χ1n) is 12.1. The summed E-state index contributed by atoms with van der Waals surface area (Å²) in [7, 11) is -2.45. The lowest BCUT2D eigenvalue weighted by atomic mass is 9.64. The van der Waals surface area contributed by atoms with Crippen molar-refractivity contribution >= 4 is 21.5 Å². The third kappa shape index (κ3) is 3.96. The van der Waals surface area contributed by atoms with Gasteiger partial charge in [-0.25, -0.2) is 8.42 Å². The molecule has 0 aromatic heterocycles. The van der Waals surface area contributed by atoms with Crippen molar-refractivity contribution in [3.8, 4) is 11.5 Å². The van der Waals surface area contributed by atoms with E-state index in [1.165, 1.54) is 13.2 Å². The predicted molar refractivity (Wildman–Crippen MR) is 130 cm³/mol. The van der Waals surface area contributed by atoms with E-state index in [0.717, 1.165) is 62.9 Å². The molecule has 1 aliphatic heterocycles. The van der Waals surface area contributed by atoms with Crippen LogP contribution in [0.5, 0.6) is 11.5 Å². The van der Waals surface area contributed by atoms with Crippen LogP contribution in [0.1, 0.15) is 50.2 Å². The molecule has 1 N–H and O–H groups in total. The Balaban J connectivity index is 1.50. The second kappa shape index (κ2) is 8.89. The fourth-order valence-corrected chi connectivity index (χ4v) is 6.76. The number of piperidine rings is 1. The van der Waals surface area contributed by atoms with Crippen LogP contribution in [0.15, 0.2) is 41.3 Å². The van der Waals surface area contributed by atoms with Gasteiger partial charge in [-0.1, -0.05) is 25.5 Å². The Morgan fingerprint density at radius 1 is 1.12 bits per heavy atom. The smallest absolute Gasteiger partial charge is 0.265 e. The van der Waals surface area contributed by atoms with Crippen molar-refractivity contribution in [3.63, 3.8) is 0 Å². The van der Waals surface area contributed by atoms with Gasteiger partial charge in [0.05, 0.1) is 18.2 Å². The summed E-state index contributed by atoms with van der Waals surface area (Å²) >= 11 is 0. The molecule has 0 amide bonds. The maximum absolute atomic E-state index is 13.3. The number of carbonyl (C=O) groups is 1. The largest absolute Gasteiger partial charge is 0.495 e. The summed E-state index contributed by atoms with van der Waals surface area (Å²) in [5.74, 6) is 1.15. The highest BCUT2D eigenvalue weighted by Gasteiger charge is 2.51. The lowest BCUT2D eigenvalue weighted by Gasteiger charge is -2.38. The maximum atomic E-state index is 13.3. The average Bonchev–Trinajstić information content (AvgIpc) is 3.11. The standard InChI is InChI=1S/C26H32N2O5S/c1-3-28-13-9-19(10-14-28)33-23-16-18(15-21-20(23)17-25(29)26(21)11-6-12-26)27-34(30,31)24-8-5-4-7-22(24)32-2/h4-5,7-8,15-16,19,27H,3,6,9-14,17H2,1-2H3. The summed E-state index contributed by atoms with van der Waals surface area (Å²) in [4.78, 5) is 15.5. The van der Waals surface area contributed by atoms with E-state index in [-0.39, 0.29) is 22.5 Å². The number of sulfonamides is 1. The molecule has 2 aromatic rings. The fraction of sp³-hybridized carbons (Fsp3) is 0.500. The van der Waals surface area contributed by atoms with E-state index in [0.29, 0.717) is 17.9 Å². The van der Waals surface area contributed by atoms with Crippen molar-refractivity contribution in [3.05, 3.63) is 47.5 Å². The number of ether oxygens (including phenoxy) is 2. The zero-order chi connectivity index (χ0) is 23.9. The zero-order valence-corrected chi connectivity index (χ0v) is 20.6. The Bertz CT molecular complexity index is 1200. The molecule has 5 rings (SSSR count). The number of anilines is 1. The minimum absolute atomic E-state index is 0.0565. The van der Waals surface area contributed by atoms with E-state index in [4.69, 9.17) is 9.47 Å². The van der Waals surface area contributed by atoms with Crippen LogP contribution in [0, 0.1) is 0 Å². The molecular weight excluding hydrogens is 452 g/mol. The number of hydrogen-bond acceptors (Lipinski definition) is 6. The molecular formula is C26H32N2O5S. The van der Waals surface area contributed by atoms with E-state index in [1.54, 1.807) is 24.3 Å². The van der Waals surface area contributed by atoms with Gasteiger partial charge in [0, 0.05) is 31.1 Å². The second-order valence-corrected chi connectivity index (χ2v) is 11.2. The number of carbonyl (C=O) groups excluding carboxylic acids is 1. The van der Waals surface area contributed by atoms with Gasteiger partial charge < -0.3 is 14.4 Å². The van der Waals surface area contributed by atoms with Gasteiger partial charge in [0.25, 0.3) is 10.0 Å². The Labute approximate surface area is 201 Å². The fourth-order valence-electron chi connectivity index (χ4n) is 5.55. The molecule has 2 fully saturated rings.